The summed E-state index contributed by atoms with van der Waals surface area (Å²) < 4.78 is 5.56. The maximum absolute atomic E-state index is 10.5. The molecule has 1 aliphatic rings. The largest absolute Gasteiger partial charge is 0.384 e. The normalized spacial score (nSPS) is 18.9. The smallest absolute Gasteiger partial charge is 0.104 e. The van der Waals surface area contributed by atoms with E-state index < -0.39 is 5.60 Å². The van der Waals surface area contributed by atoms with Gasteiger partial charge in [0.25, 0.3) is 0 Å². The van der Waals surface area contributed by atoms with Gasteiger partial charge in [-0.1, -0.05) is 30.3 Å². The first-order valence-electron chi connectivity index (χ1n) is 6.30. The minimum Gasteiger partial charge on any atom is -0.384 e. The molecule has 0 heterocycles. The maximum atomic E-state index is 10.5. The average molecular weight is 235 g/mol. The summed E-state index contributed by atoms with van der Waals surface area (Å²) in [6.45, 7) is 1.62. The van der Waals surface area contributed by atoms with Gasteiger partial charge >= 0.3 is 0 Å². The average Bonchev–Trinajstić information content (AvgIpc) is 3.19. The van der Waals surface area contributed by atoms with Crippen molar-refractivity contribution in [2.75, 3.05) is 19.8 Å². The van der Waals surface area contributed by atoms with Crippen molar-refractivity contribution in [3.05, 3.63) is 35.9 Å². The van der Waals surface area contributed by atoms with Crippen LogP contribution in [0.1, 0.15) is 24.8 Å². The molecular formula is C14H21NO2. The SMILES string of the molecule is NCC(O)(CCOCC1CC1)c1ccccc1. The van der Waals surface area contributed by atoms with Crippen molar-refractivity contribution in [1.82, 2.24) is 0 Å². The van der Waals surface area contributed by atoms with Crippen molar-refractivity contribution < 1.29 is 9.84 Å². The Kier molecular flexibility index (Phi) is 4.15. The van der Waals surface area contributed by atoms with Crippen molar-refractivity contribution in [3.63, 3.8) is 0 Å². The molecular weight excluding hydrogens is 214 g/mol. The van der Waals surface area contributed by atoms with E-state index in [1.165, 1.54) is 12.8 Å². The Hall–Kier alpha value is -0.900. The topological polar surface area (TPSA) is 55.5 Å². The molecule has 0 saturated heterocycles. The Morgan fingerprint density at radius 3 is 2.59 bits per heavy atom. The fraction of sp³-hybridized carbons (Fsp3) is 0.571. The minimum absolute atomic E-state index is 0.226. The van der Waals surface area contributed by atoms with Gasteiger partial charge in [-0.2, -0.15) is 0 Å². The summed E-state index contributed by atoms with van der Waals surface area (Å²) in [5.41, 5.74) is 5.61. The third kappa shape index (κ3) is 3.53. The Bertz CT molecular complexity index is 337. The van der Waals surface area contributed by atoms with Crippen molar-refractivity contribution in [2.45, 2.75) is 24.9 Å². The summed E-state index contributed by atoms with van der Waals surface area (Å²) in [5, 5.41) is 10.5. The second-order valence-electron chi connectivity index (χ2n) is 4.87. The highest BCUT2D eigenvalue weighted by Gasteiger charge is 2.27. The van der Waals surface area contributed by atoms with Gasteiger partial charge < -0.3 is 15.6 Å². The summed E-state index contributed by atoms with van der Waals surface area (Å²) in [7, 11) is 0. The molecule has 1 aromatic carbocycles. The molecule has 1 aromatic rings. The zero-order valence-corrected chi connectivity index (χ0v) is 10.1. The third-order valence-corrected chi connectivity index (χ3v) is 3.36. The third-order valence-electron chi connectivity index (χ3n) is 3.36. The molecule has 2 rings (SSSR count). The van der Waals surface area contributed by atoms with Gasteiger partial charge in [0.15, 0.2) is 0 Å². The van der Waals surface area contributed by atoms with Crippen molar-refractivity contribution in [1.29, 1.82) is 0 Å². The van der Waals surface area contributed by atoms with Crippen LogP contribution in [0.2, 0.25) is 0 Å². The van der Waals surface area contributed by atoms with Crippen LogP contribution in [-0.2, 0) is 10.3 Å². The van der Waals surface area contributed by atoms with Gasteiger partial charge in [0.1, 0.15) is 5.60 Å². The van der Waals surface area contributed by atoms with E-state index in [1.54, 1.807) is 0 Å². The fourth-order valence-electron chi connectivity index (χ4n) is 1.89. The first-order valence-corrected chi connectivity index (χ1v) is 6.30. The quantitative estimate of drug-likeness (QED) is 0.707. The van der Waals surface area contributed by atoms with E-state index in [4.69, 9.17) is 10.5 Å². The lowest BCUT2D eigenvalue weighted by Gasteiger charge is -2.27. The lowest BCUT2D eigenvalue weighted by molar-refractivity contribution is 0.00107. The number of hydrogen-bond donors (Lipinski definition) is 2. The summed E-state index contributed by atoms with van der Waals surface area (Å²) in [6, 6.07) is 9.59. The molecule has 1 saturated carbocycles. The lowest BCUT2D eigenvalue weighted by Crippen LogP contribution is -2.36. The molecule has 1 atom stereocenters. The molecule has 0 radical (unpaired) electrons. The molecule has 3 heteroatoms. The molecule has 1 aliphatic carbocycles. The predicted molar refractivity (Wildman–Crippen MR) is 67.6 cm³/mol. The molecule has 0 aromatic heterocycles. The van der Waals surface area contributed by atoms with Gasteiger partial charge in [-0.15, -0.1) is 0 Å². The van der Waals surface area contributed by atoms with Gasteiger partial charge in [0, 0.05) is 26.2 Å². The van der Waals surface area contributed by atoms with Gasteiger partial charge in [0.2, 0.25) is 0 Å². The van der Waals surface area contributed by atoms with Gasteiger partial charge in [-0.25, -0.2) is 0 Å². The second kappa shape index (κ2) is 5.63. The van der Waals surface area contributed by atoms with Crippen LogP contribution in [0.15, 0.2) is 30.3 Å². The standard InChI is InChI=1S/C14H21NO2/c15-11-14(16,13-4-2-1-3-5-13)8-9-17-10-12-6-7-12/h1-5,12,16H,6-11,15H2. The highest BCUT2D eigenvalue weighted by atomic mass is 16.5. The Morgan fingerprint density at radius 1 is 1.29 bits per heavy atom. The van der Waals surface area contributed by atoms with Crippen molar-refractivity contribution in [2.24, 2.45) is 11.7 Å². The van der Waals surface area contributed by atoms with Crippen LogP contribution >= 0.6 is 0 Å². The van der Waals surface area contributed by atoms with Crippen LogP contribution in [0.25, 0.3) is 0 Å². The molecule has 1 unspecified atom stereocenters. The van der Waals surface area contributed by atoms with Crippen LogP contribution in [0, 0.1) is 5.92 Å². The van der Waals surface area contributed by atoms with Crippen molar-refractivity contribution >= 4 is 0 Å². The van der Waals surface area contributed by atoms with Crippen LogP contribution in [0.5, 0.6) is 0 Å². The van der Waals surface area contributed by atoms with Crippen LogP contribution in [-0.4, -0.2) is 24.9 Å². The first-order chi connectivity index (χ1) is 8.24. The molecule has 3 N–H and O–H groups in total. The van der Waals surface area contributed by atoms with Gasteiger partial charge in [-0.05, 0) is 24.3 Å². The maximum Gasteiger partial charge on any atom is 0.104 e. The number of benzene rings is 1. The molecule has 94 valence electrons. The Balaban J connectivity index is 1.84. The first kappa shape index (κ1) is 12.6. The number of hydrogen-bond acceptors (Lipinski definition) is 3. The van der Waals surface area contributed by atoms with Crippen LogP contribution in [0.4, 0.5) is 0 Å². The molecule has 0 amide bonds. The highest BCUT2D eigenvalue weighted by Crippen LogP contribution is 2.29. The van der Waals surface area contributed by atoms with E-state index >= 15 is 0 Å². The Morgan fingerprint density at radius 2 is 2.00 bits per heavy atom. The van der Waals surface area contributed by atoms with E-state index in [0.29, 0.717) is 13.0 Å². The van der Waals surface area contributed by atoms with E-state index in [9.17, 15) is 5.11 Å². The second-order valence-corrected chi connectivity index (χ2v) is 4.87. The summed E-state index contributed by atoms with van der Waals surface area (Å²) in [6.07, 6.45) is 3.14. The number of nitrogens with two attached hydrogens (primary N) is 1. The number of rotatable bonds is 7. The number of ether oxygens (including phenoxy) is 1. The van der Waals surface area contributed by atoms with E-state index in [2.05, 4.69) is 0 Å². The van der Waals surface area contributed by atoms with E-state index in [-0.39, 0.29) is 6.54 Å². The monoisotopic (exact) mass is 235 g/mol. The zero-order valence-electron chi connectivity index (χ0n) is 10.1. The number of aliphatic hydroxyl groups is 1. The Labute approximate surface area is 103 Å². The summed E-state index contributed by atoms with van der Waals surface area (Å²) >= 11 is 0. The summed E-state index contributed by atoms with van der Waals surface area (Å²) in [5.74, 6) is 0.762. The van der Waals surface area contributed by atoms with E-state index in [1.807, 2.05) is 30.3 Å². The molecule has 1 fully saturated rings. The zero-order chi connectivity index (χ0) is 12.1. The highest BCUT2D eigenvalue weighted by molar-refractivity contribution is 5.22. The molecule has 3 nitrogen and oxygen atoms in total. The summed E-state index contributed by atoms with van der Waals surface area (Å²) in [4.78, 5) is 0. The molecule has 0 spiro atoms. The minimum atomic E-state index is -0.954. The predicted octanol–water partition coefficient (Wildman–Crippen LogP) is 1.65. The van der Waals surface area contributed by atoms with Gasteiger partial charge in [-0.3, -0.25) is 0 Å². The van der Waals surface area contributed by atoms with Gasteiger partial charge in [0.05, 0.1) is 0 Å². The molecule has 17 heavy (non-hydrogen) atoms. The fourth-order valence-corrected chi connectivity index (χ4v) is 1.89. The van der Waals surface area contributed by atoms with Crippen LogP contribution < -0.4 is 5.73 Å². The van der Waals surface area contributed by atoms with Crippen molar-refractivity contribution in [3.8, 4) is 0 Å². The molecule has 0 bridgehead atoms. The lowest BCUT2D eigenvalue weighted by atomic mass is 9.91. The molecule has 0 aliphatic heterocycles. The van der Waals surface area contributed by atoms with Crippen LogP contribution in [0.3, 0.4) is 0 Å². The van der Waals surface area contributed by atoms with E-state index in [0.717, 1.165) is 18.1 Å².